The maximum absolute atomic E-state index is 11.3. The molecule has 6 aliphatic rings. The van der Waals surface area contributed by atoms with Crippen LogP contribution in [-0.4, -0.2) is 61.2 Å². The highest BCUT2D eigenvalue weighted by Crippen LogP contribution is 2.77. The Morgan fingerprint density at radius 3 is 2.69 bits per heavy atom. The number of ether oxygens (including phenoxy) is 3. The van der Waals surface area contributed by atoms with Crippen molar-refractivity contribution in [2.75, 3.05) is 27.8 Å². The van der Waals surface area contributed by atoms with Gasteiger partial charge in [-0.05, 0) is 71.2 Å². The molecule has 2 aliphatic heterocycles. The van der Waals surface area contributed by atoms with Crippen molar-refractivity contribution in [2.45, 2.75) is 74.7 Å². The highest BCUT2D eigenvalue weighted by atomic mass is 16.6. The molecule has 3 saturated carbocycles. The second-order valence-corrected chi connectivity index (χ2v) is 10.8. The third-order valence-corrected chi connectivity index (χ3v) is 9.68. The van der Waals surface area contributed by atoms with Crippen molar-refractivity contribution in [3.05, 3.63) is 23.3 Å². The van der Waals surface area contributed by atoms with Gasteiger partial charge in [0.15, 0.2) is 11.5 Å². The van der Waals surface area contributed by atoms with Crippen LogP contribution < -0.4 is 9.47 Å². The van der Waals surface area contributed by atoms with Gasteiger partial charge < -0.3 is 24.2 Å². The predicted molar refractivity (Wildman–Crippen MR) is 110 cm³/mol. The maximum atomic E-state index is 11.3. The van der Waals surface area contributed by atoms with Crippen LogP contribution in [0.25, 0.3) is 0 Å². The van der Waals surface area contributed by atoms with Gasteiger partial charge in [0.25, 0.3) is 0 Å². The van der Waals surface area contributed by atoms with Gasteiger partial charge in [-0.15, -0.1) is 0 Å². The number of benzene rings is 1. The van der Waals surface area contributed by atoms with Gasteiger partial charge in [-0.2, -0.15) is 0 Å². The van der Waals surface area contributed by atoms with Gasteiger partial charge in [-0.1, -0.05) is 6.07 Å². The highest BCUT2D eigenvalue weighted by molar-refractivity contribution is 5.63. The number of fused-ring (bicyclic) bond motifs is 2. The van der Waals surface area contributed by atoms with Gasteiger partial charge in [0.2, 0.25) is 0 Å². The average molecular weight is 400 g/mol. The van der Waals surface area contributed by atoms with Crippen molar-refractivity contribution in [2.24, 2.45) is 11.3 Å². The fourth-order valence-corrected chi connectivity index (χ4v) is 8.66. The summed E-state index contributed by atoms with van der Waals surface area (Å²) in [4.78, 5) is 2.58. The third kappa shape index (κ3) is 1.78. The van der Waals surface area contributed by atoms with E-state index in [1.165, 1.54) is 11.1 Å². The molecule has 4 bridgehead atoms. The summed E-state index contributed by atoms with van der Waals surface area (Å²) in [5.41, 5.74) is 1.60. The van der Waals surface area contributed by atoms with Crippen LogP contribution in [0.1, 0.15) is 50.7 Å². The number of piperidine rings is 1. The highest BCUT2D eigenvalue weighted by Gasteiger charge is 2.81. The van der Waals surface area contributed by atoms with Gasteiger partial charge in [-0.3, -0.25) is 0 Å². The zero-order valence-corrected chi connectivity index (χ0v) is 18.2. The van der Waals surface area contributed by atoms with E-state index in [1.807, 2.05) is 21.0 Å². The van der Waals surface area contributed by atoms with Crippen LogP contribution in [0.15, 0.2) is 12.1 Å². The van der Waals surface area contributed by atoms with E-state index in [2.05, 4.69) is 24.1 Å². The molecular formula is C24H33NO4. The fraction of sp³-hybridized carbons (Fsp3) is 0.750. The number of methoxy groups -OCH3 is 2. The molecule has 5 heteroatoms. The molecule has 158 valence electrons. The number of nitrogens with zero attached hydrogens (tertiary/aromatic N) is 1. The van der Waals surface area contributed by atoms with E-state index in [0.717, 1.165) is 50.1 Å². The molecular weight excluding hydrogens is 366 g/mol. The molecule has 0 radical (unpaired) electrons. The lowest BCUT2D eigenvalue weighted by atomic mass is 9.34. The van der Waals surface area contributed by atoms with Gasteiger partial charge >= 0.3 is 0 Å². The Morgan fingerprint density at radius 2 is 2.00 bits per heavy atom. The van der Waals surface area contributed by atoms with Gasteiger partial charge in [0, 0.05) is 35.5 Å². The first-order valence-corrected chi connectivity index (χ1v) is 11.1. The summed E-state index contributed by atoms with van der Waals surface area (Å²) in [6, 6.07) is 4.82. The molecule has 4 fully saturated rings. The molecule has 4 aliphatic carbocycles. The number of aliphatic hydroxyl groups is 1. The molecule has 1 aromatic rings. The first-order chi connectivity index (χ1) is 13.7. The summed E-state index contributed by atoms with van der Waals surface area (Å²) in [5.74, 6) is 1.83. The van der Waals surface area contributed by atoms with E-state index in [-0.39, 0.29) is 22.9 Å². The number of likely N-dealkylation sites (tertiary alicyclic amines) is 1. The van der Waals surface area contributed by atoms with Crippen molar-refractivity contribution in [1.29, 1.82) is 0 Å². The summed E-state index contributed by atoms with van der Waals surface area (Å²) >= 11 is 0. The Bertz CT molecular complexity index is 894. The Balaban J connectivity index is 1.68. The standard InChI is InChI=1S/C24H33NO4/c1-21(2,26)16-13-22-8-9-24(16,28-5)20-23(22)10-11-25(3)17(22)12-14-6-7-15(27-4)19(29-20)18(14)23/h6-7,16-17,20,26H,8-13H2,1-5H3/t16?,17-,20-,22?,23+,24?/m1/s1. The molecule has 1 N–H and O–H groups in total. The van der Waals surface area contributed by atoms with Crippen LogP contribution in [0, 0.1) is 11.3 Å². The maximum Gasteiger partial charge on any atom is 0.165 e. The molecule has 29 heavy (non-hydrogen) atoms. The summed E-state index contributed by atoms with van der Waals surface area (Å²) in [6.07, 6.45) is 5.15. The monoisotopic (exact) mass is 399 g/mol. The molecule has 0 amide bonds. The molecule has 6 atom stereocenters. The fourth-order valence-electron chi connectivity index (χ4n) is 8.66. The van der Waals surface area contributed by atoms with E-state index in [0.29, 0.717) is 6.04 Å². The Kier molecular flexibility index (Phi) is 3.37. The molecule has 2 heterocycles. The average Bonchev–Trinajstić information content (AvgIpc) is 3.06. The SMILES string of the molecule is COc1ccc2c3c1O[C@H]1C4(OC)CCC5(CC4C(C)(C)O)[C@@H](C2)N(C)CC[C@]315. The second-order valence-electron chi connectivity index (χ2n) is 10.8. The minimum Gasteiger partial charge on any atom is -0.493 e. The second kappa shape index (κ2) is 5.30. The lowest BCUT2D eigenvalue weighted by molar-refractivity contribution is -0.298. The minimum absolute atomic E-state index is 0.0440. The van der Waals surface area contributed by atoms with E-state index in [4.69, 9.17) is 14.2 Å². The Morgan fingerprint density at radius 1 is 1.21 bits per heavy atom. The molecule has 3 unspecified atom stereocenters. The van der Waals surface area contributed by atoms with Crippen LogP contribution in [0.4, 0.5) is 0 Å². The van der Waals surface area contributed by atoms with Crippen molar-refractivity contribution in [1.82, 2.24) is 4.90 Å². The molecule has 2 spiro atoms. The van der Waals surface area contributed by atoms with Crippen molar-refractivity contribution >= 4 is 0 Å². The number of hydrogen-bond donors (Lipinski definition) is 1. The lowest BCUT2D eigenvalue weighted by Crippen LogP contribution is -2.82. The molecule has 1 saturated heterocycles. The van der Waals surface area contributed by atoms with Crippen LogP contribution in [0.3, 0.4) is 0 Å². The van der Waals surface area contributed by atoms with E-state index in [9.17, 15) is 5.11 Å². The van der Waals surface area contributed by atoms with Gasteiger partial charge in [0.05, 0.1) is 12.7 Å². The van der Waals surface area contributed by atoms with Crippen molar-refractivity contribution in [3.8, 4) is 11.5 Å². The molecule has 5 nitrogen and oxygen atoms in total. The predicted octanol–water partition coefficient (Wildman–Crippen LogP) is 2.91. The number of rotatable bonds is 3. The smallest absolute Gasteiger partial charge is 0.165 e. The topological polar surface area (TPSA) is 51.2 Å². The Labute approximate surface area is 173 Å². The first kappa shape index (κ1) is 18.5. The van der Waals surface area contributed by atoms with Crippen molar-refractivity contribution in [3.63, 3.8) is 0 Å². The van der Waals surface area contributed by atoms with Crippen LogP contribution in [0.5, 0.6) is 11.5 Å². The first-order valence-electron chi connectivity index (χ1n) is 11.1. The minimum atomic E-state index is -0.819. The van der Waals surface area contributed by atoms with Gasteiger partial charge in [-0.25, -0.2) is 0 Å². The normalized spacial score (nSPS) is 44.4. The number of hydrogen-bond acceptors (Lipinski definition) is 5. The third-order valence-electron chi connectivity index (χ3n) is 9.68. The molecule has 1 aromatic carbocycles. The largest absolute Gasteiger partial charge is 0.493 e. The lowest BCUT2D eigenvalue weighted by Gasteiger charge is -2.74. The van der Waals surface area contributed by atoms with E-state index >= 15 is 0 Å². The summed E-state index contributed by atoms with van der Waals surface area (Å²) in [7, 11) is 5.85. The summed E-state index contributed by atoms with van der Waals surface area (Å²) in [6.45, 7) is 4.99. The zero-order valence-electron chi connectivity index (χ0n) is 18.2. The Hall–Kier alpha value is -1.30. The van der Waals surface area contributed by atoms with Crippen LogP contribution in [-0.2, 0) is 16.6 Å². The zero-order chi connectivity index (χ0) is 20.4. The quantitative estimate of drug-likeness (QED) is 0.847. The van der Waals surface area contributed by atoms with Gasteiger partial charge in [0.1, 0.15) is 11.7 Å². The molecule has 7 rings (SSSR count). The van der Waals surface area contributed by atoms with Crippen molar-refractivity contribution < 1.29 is 19.3 Å². The summed E-state index contributed by atoms with van der Waals surface area (Å²) < 4.78 is 19.1. The van der Waals surface area contributed by atoms with Crippen LogP contribution in [0.2, 0.25) is 0 Å². The summed E-state index contributed by atoms with van der Waals surface area (Å²) in [5, 5.41) is 11.3. The molecule has 0 aromatic heterocycles. The van der Waals surface area contributed by atoms with Crippen LogP contribution >= 0.6 is 0 Å². The van der Waals surface area contributed by atoms with E-state index < -0.39 is 11.2 Å². The number of likely N-dealkylation sites (N-methyl/N-ethyl adjacent to an activating group) is 1. The van der Waals surface area contributed by atoms with E-state index in [1.54, 1.807) is 7.11 Å².